The van der Waals surface area contributed by atoms with Crippen LogP contribution in [0.15, 0.2) is 18.2 Å². The minimum atomic E-state index is -4.72. The van der Waals surface area contributed by atoms with Gasteiger partial charge in [-0.3, -0.25) is 0 Å². The fraction of sp³-hybridized carbons (Fsp3) is 0.385. The lowest BCUT2D eigenvalue weighted by atomic mass is 10.0. The summed E-state index contributed by atoms with van der Waals surface area (Å²) in [6.07, 6.45) is -3.21. The van der Waals surface area contributed by atoms with Gasteiger partial charge in [-0.25, -0.2) is 4.39 Å². The maximum absolute atomic E-state index is 13.6. The molecule has 1 aromatic carbocycles. The van der Waals surface area contributed by atoms with Gasteiger partial charge in [0.1, 0.15) is 5.82 Å². The van der Waals surface area contributed by atoms with E-state index in [1.165, 1.54) is 6.07 Å². The van der Waals surface area contributed by atoms with Crippen LogP contribution in [0.1, 0.15) is 41.1 Å². The molecule has 2 aromatic rings. The molecule has 21 heavy (non-hydrogen) atoms. The molecule has 1 atom stereocenters. The summed E-state index contributed by atoms with van der Waals surface area (Å²) in [4.78, 5) is 0.649. The molecule has 0 fully saturated rings. The first-order valence-electron chi connectivity index (χ1n) is 6.28. The average molecular weight is 319 g/mol. The Kier molecular flexibility index (Phi) is 4.58. The summed E-state index contributed by atoms with van der Waals surface area (Å²) < 4.78 is 55.0. The molecular formula is C13H13F4N3S. The standard InChI is InChI=1S/C13H13F4N3S/c1-2-3-10-12(21-20-19-10)11(18)7-4-5-8(9(14)6-7)13(15,16)17/h4-6,11H,2-3,18H2,1H3. The zero-order chi connectivity index (χ0) is 15.6. The Hall–Kier alpha value is -1.54. The Morgan fingerprint density at radius 3 is 2.62 bits per heavy atom. The van der Waals surface area contributed by atoms with E-state index in [0.717, 1.165) is 24.0 Å². The van der Waals surface area contributed by atoms with Gasteiger partial charge in [-0.2, -0.15) is 13.2 Å². The maximum Gasteiger partial charge on any atom is 0.419 e. The van der Waals surface area contributed by atoms with Crippen molar-refractivity contribution < 1.29 is 17.6 Å². The van der Waals surface area contributed by atoms with E-state index in [4.69, 9.17) is 5.73 Å². The summed E-state index contributed by atoms with van der Waals surface area (Å²) in [5.74, 6) is -1.33. The van der Waals surface area contributed by atoms with Gasteiger partial charge in [0.25, 0.3) is 0 Å². The quantitative estimate of drug-likeness (QED) is 0.874. The fourth-order valence-electron chi connectivity index (χ4n) is 1.97. The van der Waals surface area contributed by atoms with Crippen LogP contribution >= 0.6 is 11.5 Å². The molecule has 1 aromatic heterocycles. The number of halogens is 4. The van der Waals surface area contributed by atoms with E-state index in [1.54, 1.807) is 0 Å². The van der Waals surface area contributed by atoms with Crippen LogP contribution in [0, 0.1) is 5.82 Å². The Bertz CT molecular complexity index is 624. The number of rotatable bonds is 4. The highest BCUT2D eigenvalue weighted by atomic mass is 32.1. The molecule has 0 saturated heterocycles. The highest BCUT2D eigenvalue weighted by molar-refractivity contribution is 7.05. The molecule has 0 amide bonds. The smallest absolute Gasteiger partial charge is 0.319 e. The second kappa shape index (κ2) is 6.07. The molecule has 3 nitrogen and oxygen atoms in total. The highest BCUT2D eigenvalue weighted by Gasteiger charge is 2.34. The molecule has 2 rings (SSSR count). The first-order chi connectivity index (χ1) is 9.84. The van der Waals surface area contributed by atoms with Gasteiger partial charge in [0.2, 0.25) is 0 Å². The monoisotopic (exact) mass is 319 g/mol. The summed E-state index contributed by atoms with van der Waals surface area (Å²) in [6.45, 7) is 1.96. The molecule has 0 bridgehead atoms. The van der Waals surface area contributed by atoms with Crippen molar-refractivity contribution in [2.24, 2.45) is 5.73 Å². The SMILES string of the molecule is CCCc1nnsc1C(N)c1ccc(C(F)(F)F)c(F)c1. The van der Waals surface area contributed by atoms with E-state index in [9.17, 15) is 17.6 Å². The highest BCUT2D eigenvalue weighted by Crippen LogP contribution is 2.33. The van der Waals surface area contributed by atoms with Crippen molar-refractivity contribution in [3.63, 3.8) is 0 Å². The van der Waals surface area contributed by atoms with Gasteiger partial charge in [-0.05, 0) is 35.6 Å². The molecule has 1 unspecified atom stereocenters. The average Bonchev–Trinajstić information content (AvgIpc) is 2.85. The number of benzene rings is 1. The number of nitrogens with two attached hydrogens (primary N) is 1. The van der Waals surface area contributed by atoms with Crippen molar-refractivity contribution in [3.8, 4) is 0 Å². The summed E-state index contributed by atoms with van der Waals surface area (Å²) in [5, 5.41) is 3.95. The minimum absolute atomic E-state index is 0.268. The van der Waals surface area contributed by atoms with Crippen LogP contribution in [-0.4, -0.2) is 9.59 Å². The Morgan fingerprint density at radius 1 is 1.33 bits per heavy atom. The Balaban J connectivity index is 2.34. The Morgan fingerprint density at radius 2 is 2.05 bits per heavy atom. The van der Waals surface area contributed by atoms with Crippen LogP contribution in [0.2, 0.25) is 0 Å². The normalized spacial score (nSPS) is 13.4. The summed E-state index contributed by atoms with van der Waals surface area (Å²) in [5.41, 5.74) is 5.68. The van der Waals surface area contributed by atoms with E-state index in [1.807, 2.05) is 6.92 Å². The van der Waals surface area contributed by atoms with Crippen molar-refractivity contribution in [1.82, 2.24) is 9.59 Å². The maximum atomic E-state index is 13.6. The van der Waals surface area contributed by atoms with Crippen molar-refractivity contribution >= 4 is 11.5 Å². The van der Waals surface area contributed by atoms with Gasteiger partial charge in [0.05, 0.1) is 22.2 Å². The van der Waals surface area contributed by atoms with Crippen LogP contribution in [0.25, 0.3) is 0 Å². The largest absolute Gasteiger partial charge is 0.419 e. The van der Waals surface area contributed by atoms with Crippen LogP contribution < -0.4 is 5.73 Å². The molecule has 2 N–H and O–H groups in total. The van der Waals surface area contributed by atoms with Gasteiger partial charge < -0.3 is 5.73 Å². The van der Waals surface area contributed by atoms with E-state index >= 15 is 0 Å². The van der Waals surface area contributed by atoms with Crippen LogP contribution in [0.4, 0.5) is 17.6 Å². The van der Waals surface area contributed by atoms with E-state index in [-0.39, 0.29) is 5.56 Å². The number of hydrogen-bond acceptors (Lipinski definition) is 4. The molecule has 0 saturated carbocycles. The second-order valence-electron chi connectivity index (χ2n) is 4.55. The topological polar surface area (TPSA) is 51.8 Å². The number of hydrogen-bond donors (Lipinski definition) is 1. The van der Waals surface area contributed by atoms with Gasteiger partial charge in [-0.15, -0.1) is 5.10 Å². The van der Waals surface area contributed by atoms with Crippen molar-refractivity contribution in [2.45, 2.75) is 32.0 Å². The predicted octanol–water partition coefficient (Wildman–Crippen LogP) is 3.70. The van der Waals surface area contributed by atoms with Crippen molar-refractivity contribution in [3.05, 3.63) is 45.7 Å². The van der Waals surface area contributed by atoms with Gasteiger partial charge in [-0.1, -0.05) is 23.9 Å². The number of nitrogens with zero attached hydrogens (tertiary/aromatic N) is 2. The van der Waals surface area contributed by atoms with Crippen molar-refractivity contribution in [2.75, 3.05) is 0 Å². The lowest BCUT2D eigenvalue weighted by Crippen LogP contribution is -2.14. The van der Waals surface area contributed by atoms with Gasteiger partial charge in [0, 0.05) is 0 Å². The summed E-state index contributed by atoms with van der Waals surface area (Å²) in [7, 11) is 0. The molecule has 1 heterocycles. The molecule has 0 aliphatic carbocycles. The summed E-state index contributed by atoms with van der Waals surface area (Å²) >= 11 is 1.08. The lowest BCUT2D eigenvalue weighted by molar-refractivity contribution is -0.140. The first kappa shape index (κ1) is 15.8. The van der Waals surface area contributed by atoms with Crippen LogP contribution in [0.3, 0.4) is 0 Å². The zero-order valence-electron chi connectivity index (χ0n) is 11.1. The number of alkyl halides is 3. The predicted molar refractivity (Wildman–Crippen MR) is 71.3 cm³/mol. The molecule has 0 radical (unpaired) electrons. The molecule has 114 valence electrons. The van der Waals surface area contributed by atoms with Gasteiger partial charge in [0.15, 0.2) is 0 Å². The zero-order valence-corrected chi connectivity index (χ0v) is 11.9. The third-order valence-electron chi connectivity index (χ3n) is 3.01. The molecule has 8 heteroatoms. The van der Waals surface area contributed by atoms with Crippen LogP contribution in [0.5, 0.6) is 0 Å². The first-order valence-corrected chi connectivity index (χ1v) is 7.05. The molecule has 0 aliphatic heterocycles. The fourth-order valence-corrected chi connectivity index (χ4v) is 2.69. The molecule has 0 spiro atoms. The van der Waals surface area contributed by atoms with Crippen molar-refractivity contribution in [1.29, 1.82) is 0 Å². The Labute approximate surface area is 123 Å². The molecule has 0 aliphatic rings. The molecular weight excluding hydrogens is 306 g/mol. The van der Waals surface area contributed by atoms with Gasteiger partial charge >= 0.3 is 6.18 Å². The lowest BCUT2D eigenvalue weighted by Gasteiger charge is -2.14. The number of aryl methyl sites for hydroxylation is 1. The summed E-state index contributed by atoms with van der Waals surface area (Å²) in [6, 6.07) is 1.98. The van der Waals surface area contributed by atoms with E-state index in [2.05, 4.69) is 9.59 Å². The third kappa shape index (κ3) is 3.38. The van der Waals surface area contributed by atoms with E-state index in [0.29, 0.717) is 23.1 Å². The van der Waals surface area contributed by atoms with E-state index < -0.39 is 23.6 Å². The second-order valence-corrected chi connectivity index (χ2v) is 5.33. The number of aromatic nitrogens is 2. The minimum Gasteiger partial charge on any atom is -0.319 e. The van der Waals surface area contributed by atoms with Crippen LogP contribution in [-0.2, 0) is 12.6 Å². The third-order valence-corrected chi connectivity index (χ3v) is 3.86.